The third kappa shape index (κ3) is 4.33. The number of likely N-dealkylation sites (tertiary alicyclic amines) is 1. The normalized spacial score (nSPS) is 30.2. The van der Waals surface area contributed by atoms with Gasteiger partial charge in [0.1, 0.15) is 17.9 Å². The zero-order chi connectivity index (χ0) is 23.2. The van der Waals surface area contributed by atoms with E-state index in [1.54, 1.807) is 4.90 Å². The standard InChI is InChI=1S/C26H33N3O5/c30-24-10-9-22(25(31)27-24)29-12-17-11-18(7-8-20(17)26(29)32)34-23-4-2-1-3-21(23)28-13-19(14-28)33-15-16-5-6-16/h7-8,11,16,19,21-23H,1-6,9-10,12-15H2,(H,27,30,31)/t21-,22?,23+/m1/s1. The average molecular weight is 468 g/mol. The van der Waals surface area contributed by atoms with Crippen LogP contribution in [0.25, 0.3) is 0 Å². The second kappa shape index (κ2) is 8.96. The van der Waals surface area contributed by atoms with Crippen molar-refractivity contribution in [3.8, 4) is 5.75 Å². The Morgan fingerprint density at radius 2 is 1.82 bits per heavy atom. The van der Waals surface area contributed by atoms with E-state index in [-0.39, 0.29) is 30.2 Å². The summed E-state index contributed by atoms with van der Waals surface area (Å²) in [5.74, 6) is 0.788. The van der Waals surface area contributed by atoms with Crippen molar-refractivity contribution in [3.05, 3.63) is 29.3 Å². The third-order valence-corrected chi connectivity index (χ3v) is 8.06. The van der Waals surface area contributed by atoms with E-state index in [9.17, 15) is 14.4 Å². The molecule has 2 saturated heterocycles. The first kappa shape index (κ1) is 22.0. The van der Waals surface area contributed by atoms with Crippen LogP contribution in [0.2, 0.25) is 0 Å². The van der Waals surface area contributed by atoms with Gasteiger partial charge in [0, 0.05) is 44.3 Å². The number of carbonyl (C=O) groups is 3. The van der Waals surface area contributed by atoms with Crippen LogP contribution >= 0.6 is 0 Å². The van der Waals surface area contributed by atoms with Crippen LogP contribution < -0.4 is 10.1 Å². The van der Waals surface area contributed by atoms with Crippen LogP contribution in [0.15, 0.2) is 18.2 Å². The zero-order valence-corrected chi connectivity index (χ0v) is 19.5. The lowest BCUT2D eigenvalue weighted by Crippen LogP contribution is -2.61. The molecule has 0 bridgehead atoms. The number of nitrogens with zero attached hydrogens (tertiary/aromatic N) is 2. The minimum atomic E-state index is -0.591. The van der Waals surface area contributed by atoms with Crippen molar-refractivity contribution in [1.82, 2.24) is 15.1 Å². The summed E-state index contributed by atoms with van der Waals surface area (Å²) in [5, 5.41) is 2.35. The summed E-state index contributed by atoms with van der Waals surface area (Å²) in [6.45, 7) is 3.29. The molecule has 1 unspecified atom stereocenters. The van der Waals surface area contributed by atoms with Gasteiger partial charge in [-0.1, -0.05) is 6.42 Å². The highest BCUT2D eigenvalue weighted by Crippen LogP contribution is 2.35. The fraction of sp³-hybridized carbons (Fsp3) is 0.654. The summed E-state index contributed by atoms with van der Waals surface area (Å²) >= 11 is 0. The Morgan fingerprint density at radius 1 is 1.00 bits per heavy atom. The maximum absolute atomic E-state index is 12.9. The molecule has 8 nitrogen and oxygen atoms in total. The van der Waals surface area contributed by atoms with Gasteiger partial charge in [-0.3, -0.25) is 24.6 Å². The van der Waals surface area contributed by atoms with Gasteiger partial charge in [-0.15, -0.1) is 0 Å². The molecule has 4 fully saturated rings. The molecular formula is C26H33N3O5. The molecule has 0 spiro atoms. The average Bonchev–Trinajstić information content (AvgIpc) is 3.57. The largest absolute Gasteiger partial charge is 0.489 e. The SMILES string of the molecule is O=C1CCC(N2Cc3cc(O[C@H]4CCCC[C@H]4N4CC(OCC5CC5)C4)ccc3C2=O)C(=O)N1. The summed E-state index contributed by atoms with van der Waals surface area (Å²) in [7, 11) is 0. The number of benzene rings is 1. The lowest BCUT2D eigenvalue weighted by Gasteiger charge is -2.48. The predicted molar refractivity (Wildman–Crippen MR) is 123 cm³/mol. The van der Waals surface area contributed by atoms with Crippen molar-refractivity contribution in [1.29, 1.82) is 0 Å². The van der Waals surface area contributed by atoms with Crippen LogP contribution in [0.1, 0.15) is 67.3 Å². The van der Waals surface area contributed by atoms with Gasteiger partial charge in [-0.2, -0.15) is 0 Å². The number of hydrogen-bond donors (Lipinski definition) is 1. The van der Waals surface area contributed by atoms with Crippen LogP contribution in [-0.4, -0.2) is 71.5 Å². The lowest BCUT2D eigenvalue weighted by molar-refractivity contribution is -0.136. The Bertz CT molecular complexity index is 987. The minimum Gasteiger partial charge on any atom is -0.489 e. The highest BCUT2D eigenvalue weighted by molar-refractivity contribution is 6.05. The van der Waals surface area contributed by atoms with Gasteiger partial charge >= 0.3 is 0 Å². The number of nitrogens with one attached hydrogen (secondary N) is 1. The smallest absolute Gasteiger partial charge is 0.255 e. The molecule has 1 aromatic rings. The van der Waals surface area contributed by atoms with Crippen molar-refractivity contribution in [2.45, 2.75) is 82.2 Å². The van der Waals surface area contributed by atoms with Crippen molar-refractivity contribution in [3.63, 3.8) is 0 Å². The molecule has 0 radical (unpaired) electrons. The van der Waals surface area contributed by atoms with E-state index >= 15 is 0 Å². The van der Waals surface area contributed by atoms with Crippen LogP contribution in [0.5, 0.6) is 5.75 Å². The molecule has 0 aromatic heterocycles. The first-order valence-electron chi connectivity index (χ1n) is 12.8. The van der Waals surface area contributed by atoms with E-state index in [2.05, 4.69) is 10.2 Å². The first-order valence-corrected chi connectivity index (χ1v) is 12.8. The summed E-state index contributed by atoms with van der Waals surface area (Å²) in [5.41, 5.74) is 1.51. The molecule has 2 saturated carbocycles. The second-order valence-electron chi connectivity index (χ2n) is 10.6. The molecule has 3 atom stereocenters. The van der Waals surface area contributed by atoms with Crippen molar-refractivity contribution >= 4 is 17.7 Å². The van der Waals surface area contributed by atoms with Gasteiger partial charge in [0.15, 0.2) is 0 Å². The Kier molecular flexibility index (Phi) is 5.81. The van der Waals surface area contributed by atoms with Crippen molar-refractivity contribution in [2.75, 3.05) is 19.7 Å². The highest BCUT2D eigenvalue weighted by Gasteiger charge is 2.41. The second-order valence-corrected chi connectivity index (χ2v) is 10.6. The number of carbonyl (C=O) groups excluding carboxylic acids is 3. The molecule has 3 aliphatic heterocycles. The Morgan fingerprint density at radius 3 is 2.62 bits per heavy atom. The molecule has 3 heterocycles. The van der Waals surface area contributed by atoms with E-state index in [0.29, 0.717) is 30.7 Å². The lowest BCUT2D eigenvalue weighted by atomic mass is 9.89. The summed E-state index contributed by atoms with van der Waals surface area (Å²) in [6, 6.07) is 5.48. The van der Waals surface area contributed by atoms with Gasteiger partial charge in [0.2, 0.25) is 11.8 Å². The molecule has 2 aliphatic carbocycles. The fourth-order valence-electron chi connectivity index (χ4n) is 5.83. The minimum absolute atomic E-state index is 0.138. The number of ether oxygens (including phenoxy) is 2. The van der Waals surface area contributed by atoms with Gasteiger partial charge < -0.3 is 14.4 Å². The first-order chi connectivity index (χ1) is 16.5. The predicted octanol–water partition coefficient (Wildman–Crippen LogP) is 2.25. The molecule has 6 rings (SSSR count). The van der Waals surface area contributed by atoms with E-state index in [4.69, 9.17) is 9.47 Å². The molecule has 1 N–H and O–H groups in total. The summed E-state index contributed by atoms with van der Waals surface area (Å²) < 4.78 is 12.6. The maximum atomic E-state index is 12.9. The van der Waals surface area contributed by atoms with E-state index < -0.39 is 6.04 Å². The number of amides is 3. The summed E-state index contributed by atoms with van der Waals surface area (Å²) in [4.78, 5) is 40.8. The number of hydrogen-bond acceptors (Lipinski definition) is 6. The fourth-order valence-corrected chi connectivity index (χ4v) is 5.83. The Balaban J connectivity index is 1.09. The molecule has 34 heavy (non-hydrogen) atoms. The molecule has 1 aromatic carbocycles. The zero-order valence-electron chi connectivity index (χ0n) is 19.5. The van der Waals surface area contributed by atoms with Crippen LogP contribution in [0.3, 0.4) is 0 Å². The van der Waals surface area contributed by atoms with Crippen LogP contribution in [0, 0.1) is 5.92 Å². The van der Waals surface area contributed by atoms with E-state index in [1.165, 1.54) is 25.7 Å². The highest BCUT2D eigenvalue weighted by atomic mass is 16.5. The maximum Gasteiger partial charge on any atom is 0.255 e. The number of fused-ring (bicyclic) bond motifs is 1. The molecular weight excluding hydrogens is 434 g/mol. The van der Waals surface area contributed by atoms with E-state index in [0.717, 1.165) is 49.8 Å². The van der Waals surface area contributed by atoms with Gasteiger partial charge in [-0.05, 0) is 68.2 Å². The number of piperidine rings is 1. The molecule has 3 amide bonds. The summed E-state index contributed by atoms with van der Waals surface area (Å²) in [6.07, 6.45) is 8.37. The quantitative estimate of drug-likeness (QED) is 0.619. The van der Waals surface area contributed by atoms with Crippen LogP contribution in [0.4, 0.5) is 0 Å². The molecule has 5 aliphatic rings. The number of imide groups is 1. The monoisotopic (exact) mass is 467 g/mol. The van der Waals surface area contributed by atoms with Crippen molar-refractivity contribution in [2.24, 2.45) is 5.92 Å². The van der Waals surface area contributed by atoms with Gasteiger partial charge in [-0.25, -0.2) is 0 Å². The van der Waals surface area contributed by atoms with Crippen LogP contribution in [-0.2, 0) is 20.9 Å². The van der Waals surface area contributed by atoms with Gasteiger partial charge in [0.05, 0.1) is 6.10 Å². The topological polar surface area (TPSA) is 88.2 Å². The Labute approximate surface area is 199 Å². The molecule has 8 heteroatoms. The van der Waals surface area contributed by atoms with Crippen molar-refractivity contribution < 1.29 is 23.9 Å². The third-order valence-electron chi connectivity index (χ3n) is 8.06. The number of rotatable bonds is 7. The molecule has 182 valence electrons. The van der Waals surface area contributed by atoms with E-state index in [1.807, 2.05) is 18.2 Å². The van der Waals surface area contributed by atoms with Gasteiger partial charge in [0.25, 0.3) is 5.91 Å². The Hall–Kier alpha value is -2.45.